The molecule has 1 heterocycles. The molecule has 4 atom stereocenters. The predicted octanol–water partition coefficient (Wildman–Crippen LogP) is 3.24. The Hall–Kier alpha value is -1.01. The highest BCUT2D eigenvalue weighted by Gasteiger charge is 2.39. The van der Waals surface area contributed by atoms with Crippen molar-refractivity contribution in [1.29, 1.82) is 0 Å². The number of halogens is 1. The summed E-state index contributed by atoms with van der Waals surface area (Å²) >= 11 is 0. The van der Waals surface area contributed by atoms with E-state index < -0.39 is 0 Å². The van der Waals surface area contributed by atoms with Crippen molar-refractivity contribution in [1.82, 2.24) is 9.80 Å². The fraction of sp³-hybridized carbons (Fsp3) is 0.700. The number of nitrogens with zero attached hydrogens (tertiary/aromatic N) is 2. The van der Waals surface area contributed by atoms with Crippen LogP contribution in [-0.2, 0) is 4.74 Å². The maximum absolute atomic E-state index is 13.4. The zero-order valence-electron chi connectivity index (χ0n) is 16.3. The van der Waals surface area contributed by atoms with Gasteiger partial charge >= 0.3 is 0 Å². The fourth-order valence-corrected chi connectivity index (χ4v) is 4.08. The van der Waals surface area contributed by atoms with Gasteiger partial charge in [0.25, 0.3) is 0 Å². The van der Waals surface area contributed by atoms with Crippen molar-refractivity contribution >= 4 is 0 Å². The van der Waals surface area contributed by atoms with E-state index in [2.05, 4.69) is 30.6 Å². The van der Waals surface area contributed by atoms with Crippen LogP contribution < -0.4 is 5.73 Å². The Kier molecular flexibility index (Phi) is 7.37. The van der Waals surface area contributed by atoms with E-state index in [0.29, 0.717) is 12.0 Å². The molecule has 1 fully saturated rings. The van der Waals surface area contributed by atoms with Crippen LogP contribution in [0.1, 0.15) is 45.7 Å². The summed E-state index contributed by atoms with van der Waals surface area (Å²) in [6.07, 6.45) is 1.05. The molecule has 1 aromatic rings. The average molecular weight is 352 g/mol. The lowest BCUT2D eigenvalue weighted by Gasteiger charge is -2.50. The van der Waals surface area contributed by atoms with Crippen LogP contribution >= 0.6 is 0 Å². The molecule has 5 heteroatoms. The number of hydrogen-bond donors (Lipinski definition) is 1. The summed E-state index contributed by atoms with van der Waals surface area (Å²) in [6.45, 7) is 11.4. The van der Waals surface area contributed by atoms with E-state index in [4.69, 9.17) is 10.5 Å². The Morgan fingerprint density at radius 2 is 1.84 bits per heavy atom. The van der Waals surface area contributed by atoms with E-state index in [0.717, 1.165) is 31.6 Å². The van der Waals surface area contributed by atoms with Gasteiger partial charge in [0.2, 0.25) is 0 Å². The number of methoxy groups -OCH3 is 1. The van der Waals surface area contributed by atoms with E-state index in [9.17, 15) is 4.39 Å². The second kappa shape index (κ2) is 9.08. The molecule has 2 rings (SSSR count). The van der Waals surface area contributed by atoms with Gasteiger partial charge in [-0.1, -0.05) is 32.9 Å². The molecule has 25 heavy (non-hydrogen) atoms. The van der Waals surface area contributed by atoms with E-state index >= 15 is 0 Å². The van der Waals surface area contributed by atoms with Gasteiger partial charge in [-0.15, -0.1) is 0 Å². The van der Waals surface area contributed by atoms with E-state index in [-0.39, 0.29) is 24.1 Å². The van der Waals surface area contributed by atoms with Crippen LogP contribution in [0.4, 0.5) is 4.39 Å². The number of hydrogen-bond acceptors (Lipinski definition) is 4. The molecular formula is C20H34FN3O. The summed E-state index contributed by atoms with van der Waals surface area (Å²) in [6, 6.07) is 7.67. The molecule has 0 aliphatic carbocycles. The fourth-order valence-electron chi connectivity index (χ4n) is 4.08. The Morgan fingerprint density at radius 1 is 1.20 bits per heavy atom. The summed E-state index contributed by atoms with van der Waals surface area (Å²) in [5.41, 5.74) is 7.16. The molecule has 0 radical (unpaired) electrons. The van der Waals surface area contributed by atoms with E-state index in [1.54, 1.807) is 19.2 Å². The van der Waals surface area contributed by atoms with Crippen LogP contribution in [0.2, 0.25) is 0 Å². The Labute approximate surface area is 152 Å². The first kappa shape index (κ1) is 20.3. The van der Waals surface area contributed by atoms with Crippen LogP contribution in [0.25, 0.3) is 0 Å². The molecule has 1 saturated heterocycles. The number of ether oxygens (including phenoxy) is 1. The van der Waals surface area contributed by atoms with Gasteiger partial charge in [-0.25, -0.2) is 4.39 Å². The lowest BCUT2D eigenvalue weighted by Crippen LogP contribution is -2.61. The third kappa shape index (κ3) is 5.00. The summed E-state index contributed by atoms with van der Waals surface area (Å²) in [7, 11) is 1.78. The van der Waals surface area contributed by atoms with Gasteiger partial charge in [0.05, 0.1) is 0 Å². The maximum atomic E-state index is 13.4. The molecule has 1 aliphatic rings. The molecule has 2 N–H and O–H groups in total. The average Bonchev–Trinajstić information content (AvgIpc) is 2.56. The first-order valence-corrected chi connectivity index (χ1v) is 9.41. The third-order valence-electron chi connectivity index (χ3n) is 5.09. The number of rotatable bonds is 7. The van der Waals surface area contributed by atoms with Gasteiger partial charge in [0, 0.05) is 44.9 Å². The Balaban J connectivity index is 2.32. The molecule has 0 aromatic heterocycles. The summed E-state index contributed by atoms with van der Waals surface area (Å²) in [4.78, 5) is 4.90. The topological polar surface area (TPSA) is 41.7 Å². The van der Waals surface area contributed by atoms with Crippen LogP contribution in [0.3, 0.4) is 0 Å². The van der Waals surface area contributed by atoms with Crippen molar-refractivity contribution < 1.29 is 9.13 Å². The van der Waals surface area contributed by atoms with Crippen LogP contribution in [-0.4, -0.2) is 54.9 Å². The largest absolute Gasteiger partial charge is 0.365 e. The maximum Gasteiger partial charge on any atom is 0.123 e. The van der Waals surface area contributed by atoms with Gasteiger partial charge in [-0.3, -0.25) is 9.80 Å². The highest BCUT2D eigenvalue weighted by molar-refractivity contribution is 5.21. The predicted molar refractivity (Wildman–Crippen MR) is 101 cm³/mol. The lowest BCUT2D eigenvalue weighted by molar-refractivity contribution is -0.137. The number of nitrogens with two attached hydrogens (primary N) is 1. The molecule has 4 unspecified atom stereocenters. The Morgan fingerprint density at radius 3 is 2.32 bits per heavy atom. The van der Waals surface area contributed by atoms with Gasteiger partial charge in [-0.2, -0.15) is 0 Å². The second-order valence-electron chi connectivity index (χ2n) is 7.64. The summed E-state index contributed by atoms with van der Waals surface area (Å²) in [5.74, 6) is 0.209. The van der Waals surface area contributed by atoms with Crippen molar-refractivity contribution in [3.8, 4) is 0 Å². The molecule has 0 spiro atoms. The van der Waals surface area contributed by atoms with Crippen LogP contribution in [0.5, 0.6) is 0 Å². The van der Waals surface area contributed by atoms with Crippen molar-refractivity contribution in [3.63, 3.8) is 0 Å². The van der Waals surface area contributed by atoms with Crippen molar-refractivity contribution in [2.24, 2.45) is 11.7 Å². The van der Waals surface area contributed by atoms with Gasteiger partial charge in [-0.05, 0) is 37.0 Å². The standard InChI is InChI=1S/C20H34FN3O/c1-6-18-12-23(11-15(4)22)13-19(25-5)24(18)20(14(2)3)16-7-9-17(21)10-8-16/h7-10,14-15,18-20H,6,11-13,22H2,1-5H3. The lowest BCUT2D eigenvalue weighted by atomic mass is 9.91. The zero-order chi connectivity index (χ0) is 18.6. The molecule has 0 bridgehead atoms. The van der Waals surface area contributed by atoms with E-state index in [1.807, 2.05) is 19.1 Å². The SMILES string of the molecule is CCC1CN(CC(C)N)CC(OC)N1C(c1ccc(F)cc1)C(C)C. The number of piperazine rings is 1. The first-order chi connectivity index (χ1) is 11.9. The van der Waals surface area contributed by atoms with Crippen molar-refractivity contribution in [2.45, 2.75) is 58.5 Å². The molecule has 0 saturated carbocycles. The van der Waals surface area contributed by atoms with Crippen LogP contribution in [0.15, 0.2) is 24.3 Å². The minimum absolute atomic E-state index is 0.00917. The van der Waals surface area contributed by atoms with Crippen molar-refractivity contribution in [3.05, 3.63) is 35.6 Å². The summed E-state index contributed by atoms with van der Waals surface area (Å²) < 4.78 is 19.3. The quantitative estimate of drug-likeness (QED) is 0.819. The first-order valence-electron chi connectivity index (χ1n) is 9.41. The molecule has 1 aromatic carbocycles. The third-order valence-corrected chi connectivity index (χ3v) is 5.09. The second-order valence-corrected chi connectivity index (χ2v) is 7.64. The summed E-state index contributed by atoms with van der Waals surface area (Å²) in [5, 5.41) is 0. The molecular weight excluding hydrogens is 317 g/mol. The zero-order valence-corrected chi connectivity index (χ0v) is 16.3. The molecule has 1 aliphatic heterocycles. The van der Waals surface area contributed by atoms with Crippen molar-refractivity contribution in [2.75, 3.05) is 26.7 Å². The monoisotopic (exact) mass is 351 g/mol. The minimum Gasteiger partial charge on any atom is -0.365 e. The van der Waals surface area contributed by atoms with Gasteiger partial charge in [0.15, 0.2) is 0 Å². The molecule has 0 amide bonds. The molecule has 142 valence electrons. The van der Waals surface area contributed by atoms with Gasteiger partial charge < -0.3 is 10.5 Å². The molecule has 4 nitrogen and oxygen atoms in total. The highest BCUT2D eigenvalue weighted by Crippen LogP contribution is 2.35. The smallest absolute Gasteiger partial charge is 0.123 e. The Bertz CT molecular complexity index is 506. The normalized spacial score (nSPS) is 25.3. The number of benzene rings is 1. The van der Waals surface area contributed by atoms with E-state index in [1.165, 1.54) is 0 Å². The minimum atomic E-state index is -0.191. The van der Waals surface area contributed by atoms with Gasteiger partial charge in [0.1, 0.15) is 12.0 Å². The highest BCUT2D eigenvalue weighted by atomic mass is 19.1. The van der Waals surface area contributed by atoms with Crippen LogP contribution in [0, 0.1) is 11.7 Å².